The molecule has 2 aliphatic heterocycles. The van der Waals surface area contributed by atoms with Crippen LogP contribution < -0.4 is 0 Å². The van der Waals surface area contributed by atoms with Crippen molar-refractivity contribution in [3.63, 3.8) is 0 Å². The Hall–Kier alpha value is -0.780. The Labute approximate surface area is 142 Å². The van der Waals surface area contributed by atoms with Crippen molar-refractivity contribution in [2.45, 2.75) is 71.0 Å². The highest BCUT2D eigenvalue weighted by molar-refractivity contribution is 5.84. The molecule has 138 valence electrons. The molecule has 2 heterocycles. The van der Waals surface area contributed by atoms with E-state index >= 15 is 0 Å². The van der Waals surface area contributed by atoms with Gasteiger partial charge < -0.3 is 4.90 Å². The number of nitrogens with zero attached hydrogens (tertiary/aromatic N) is 2. The number of rotatable bonds is 2. The summed E-state index contributed by atoms with van der Waals surface area (Å²) in [6.07, 6.45) is 1.25. The molecule has 6 heteroatoms. The summed E-state index contributed by atoms with van der Waals surface area (Å²) in [6.45, 7) is 7.14. The van der Waals surface area contributed by atoms with E-state index in [-0.39, 0.29) is 16.9 Å². The van der Waals surface area contributed by atoms with Gasteiger partial charge in [-0.3, -0.25) is 9.69 Å². The van der Waals surface area contributed by atoms with E-state index in [0.29, 0.717) is 25.9 Å². The average molecular weight is 346 g/mol. The van der Waals surface area contributed by atoms with Gasteiger partial charge in [0.1, 0.15) is 0 Å². The molecule has 1 amide bonds. The summed E-state index contributed by atoms with van der Waals surface area (Å²) in [7, 11) is 0. The summed E-state index contributed by atoms with van der Waals surface area (Å²) >= 11 is 0. The molecule has 3 aliphatic rings. The summed E-state index contributed by atoms with van der Waals surface area (Å²) in [5, 5.41) is 0. The molecule has 0 aromatic rings. The zero-order valence-corrected chi connectivity index (χ0v) is 15.0. The van der Waals surface area contributed by atoms with Gasteiger partial charge in [-0.05, 0) is 57.0 Å². The van der Waals surface area contributed by atoms with E-state index in [9.17, 15) is 18.0 Å². The minimum absolute atomic E-state index is 0.0344. The van der Waals surface area contributed by atoms with Crippen molar-refractivity contribution in [1.82, 2.24) is 9.80 Å². The van der Waals surface area contributed by atoms with Gasteiger partial charge in [-0.2, -0.15) is 13.2 Å². The van der Waals surface area contributed by atoms with Gasteiger partial charge >= 0.3 is 6.18 Å². The van der Waals surface area contributed by atoms with Crippen LogP contribution in [0.2, 0.25) is 0 Å². The van der Waals surface area contributed by atoms with Crippen LogP contribution in [-0.4, -0.2) is 53.6 Å². The molecule has 3 rings (SSSR count). The van der Waals surface area contributed by atoms with Gasteiger partial charge in [0.05, 0.1) is 6.54 Å². The number of amides is 1. The van der Waals surface area contributed by atoms with E-state index in [1.165, 1.54) is 4.90 Å². The minimum Gasteiger partial charge on any atom is -0.336 e. The number of piperidine rings is 1. The molecular weight excluding hydrogens is 317 g/mol. The fraction of sp³-hybridized carbons (Fsp3) is 0.944. The molecule has 1 saturated carbocycles. The smallest absolute Gasteiger partial charge is 0.336 e. The fourth-order valence-electron chi connectivity index (χ4n) is 4.94. The number of carbonyl (C=O) groups excluding carboxylic acids is 1. The molecule has 0 N–H and O–H groups in total. The van der Waals surface area contributed by atoms with Gasteiger partial charge in [0.2, 0.25) is 5.91 Å². The largest absolute Gasteiger partial charge is 0.401 e. The highest BCUT2D eigenvalue weighted by Gasteiger charge is 2.56. The number of halogens is 3. The van der Waals surface area contributed by atoms with Crippen LogP contribution in [0.3, 0.4) is 0 Å². The third-order valence-corrected chi connectivity index (χ3v) is 6.57. The molecule has 1 atom stereocenters. The van der Waals surface area contributed by atoms with Gasteiger partial charge in [0.15, 0.2) is 0 Å². The van der Waals surface area contributed by atoms with Crippen LogP contribution in [0.1, 0.15) is 59.3 Å². The topological polar surface area (TPSA) is 23.6 Å². The molecule has 0 aromatic carbocycles. The van der Waals surface area contributed by atoms with Crippen molar-refractivity contribution < 1.29 is 18.0 Å². The Morgan fingerprint density at radius 2 is 1.58 bits per heavy atom. The summed E-state index contributed by atoms with van der Waals surface area (Å²) in [5.41, 5.74) is -0.176. The van der Waals surface area contributed by atoms with Crippen molar-refractivity contribution in [1.29, 1.82) is 0 Å². The zero-order valence-electron chi connectivity index (χ0n) is 15.0. The average Bonchev–Trinajstić information content (AvgIpc) is 2.77. The monoisotopic (exact) mass is 346 g/mol. The molecule has 3 nitrogen and oxygen atoms in total. The molecule has 1 unspecified atom stereocenters. The summed E-state index contributed by atoms with van der Waals surface area (Å²) in [4.78, 5) is 16.7. The van der Waals surface area contributed by atoms with E-state index in [1.54, 1.807) is 0 Å². The normalized spacial score (nSPS) is 32.8. The van der Waals surface area contributed by atoms with Crippen LogP contribution in [0.25, 0.3) is 0 Å². The zero-order chi connectivity index (χ0) is 17.8. The molecule has 1 aliphatic carbocycles. The lowest BCUT2D eigenvalue weighted by atomic mass is 9.73. The van der Waals surface area contributed by atoms with Crippen LogP contribution in [-0.2, 0) is 4.79 Å². The van der Waals surface area contributed by atoms with Gasteiger partial charge in [0, 0.05) is 17.5 Å². The highest BCUT2D eigenvalue weighted by Crippen LogP contribution is 2.54. The second-order valence-corrected chi connectivity index (χ2v) is 9.22. The maximum Gasteiger partial charge on any atom is 0.401 e. The predicted octanol–water partition coefficient (Wildman–Crippen LogP) is 3.83. The van der Waals surface area contributed by atoms with E-state index in [1.807, 2.05) is 6.92 Å². The second kappa shape index (κ2) is 5.61. The Morgan fingerprint density at radius 3 is 2.00 bits per heavy atom. The first-order valence-corrected chi connectivity index (χ1v) is 9.06. The molecular formula is C18H29F3N2O. The summed E-state index contributed by atoms with van der Waals surface area (Å²) in [6, 6.07) is 0. The van der Waals surface area contributed by atoms with Crippen LogP contribution in [0, 0.1) is 10.8 Å². The van der Waals surface area contributed by atoms with Gasteiger partial charge in [-0.15, -0.1) is 0 Å². The van der Waals surface area contributed by atoms with Crippen molar-refractivity contribution in [2.75, 3.05) is 26.2 Å². The molecule has 1 spiro atoms. The maximum atomic E-state index is 13.2. The van der Waals surface area contributed by atoms with Crippen molar-refractivity contribution in [3.8, 4) is 0 Å². The molecule has 0 radical (unpaired) electrons. The number of hydrogen-bond acceptors (Lipinski definition) is 2. The van der Waals surface area contributed by atoms with Crippen LogP contribution in [0.15, 0.2) is 0 Å². The van der Waals surface area contributed by atoms with Gasteiger partial charge in [0.25, 0.3) is 0 Å². The number of carbonyl (C=O) groups is 1. The van der Waals surface area contributed by atoms with E-state index in [4.69, 9.17) is 0 Å². The molecule has 2 saturated heterocycles. The van der Waals surface area contributed by atoms with E-state index in [0.717, 1.165) is 32.2 Å². The van der Waals surface area contributed by atoms with Crippen molar-refractivity contribution in [3.05, 3.63) is 0 Å². The van der Waals surface area contributed by atoms with Crippen LogP contribution in [0.5, 0.6) is 0 Å². The lowest BCUT2D eigenvalue weighted by Crippen LogP contribution is -2.64. The number of alkyl halides is 3. The summed E-state index contributed by atoms with van der Waals surface area (Å²) < 4.78 is 37.6. The maximum absolute atomic E-state index is 13.2. The number of hydrogen-bond donors (Lipinski definition) is 0. The summed E-state index contributed by atoms with van der Waals surface area (Å²) in [5.74, 6) is 0.179. The molecule has 0 bridgehead atoms. The highest BCUT2D eigenvalue weighted by atomic mass is 19.4. The molecule has 24 heavy (non-hydrogen) atoms. The quantitative estimate of drug-likeness (QED) is 0.759. The second-order valence-electron chi connectivity index (χ2n) is 9.22. The van der Waals surface area contributed by atoms with Crippen molar-refractivity contribution in [2.24, 2.45) is 10.8 Å². The Morgan fingerprint density at radius 1 is 0.958 bits per heavy atom. The lowest BCUT2D eigenvalue weighted by molar-refractivity contribution is -0.165. The van der Waals surface area contributed by atoms with Crippen LogP contribution in [0.4, 0.5) is 13.2 Å². The minimum atomic E-state index is -4.16. The first-order valence-electron chi connectivity index (χ1n) is 9.06. The standard InChI is InChI=1S/C18H29F3N2O/c1-15(2)4-5-17(12-15)8-11-23(17)14(24)16(3)6-9-22(10-7-16)13-18(19,20)21/h4-13H2,1-3H3. The Bertz CT molecular complexity index is 509. The first kappa shape index (κ1) is 18.0. The predicted molar refractivity (Wildman–Crippen MR) is 86.5 cm³/mol. The SMILES string of the molecule is CC1(C)CCC2(CCN2C(=O)C2(C)CCN(CC(F)(F)F)CC2)C1. The van der Waals surface area contributed by atoms with E-state index in [2.05, 4.69) is 18.7 Å². The number of likely N-dealkylation sites (tertiary alicyclic amines) is 2. The fourth-order valence-corrected chi connectivity index (χ4v) is 4.94. The molecule has 0 aromatic heterocycles. The molecule has 3 fully saturated rings. The van der Waals surface area contributed by atoms with Gasteiger partial charge in [-0.1, -0.05) is 20.8 Å². The van der Waals surface area contributed by atoms with Crippen LogP contribution >= 0.6 is 0 Å². The lowest BCUT2D eigenvalue weighted by Gasteiger charge is -2.55. The van der Waals surface area contributed by atoms with Gasteiger partial charge in [-0.25, -0.2) is 0 Å². The Balaban J connectivity index is 1.62. The Kier molecular flexibility index (Phi) is 4.22. The first-order chi connectivity index (χ1) is 10.9. The third-order valence-electron chi connectivity index (χ3n) is 6.57. The van der Waals surface area contributed by atoms with Crippen molar-refractivity contribution >= 4 is 5.91 Å². The third kappa shape index (κ3) is 3.31. The van der Waals surface area contributed by atoms with E-state index < -0.39 is 18.1 Å².